The molecular formula is C23H24F3N7O. The van der Waals surface area contributed by atoms with Gasteiger partial charge < -0.3 is 15.6 Å². The van der Waals surface area contributed by atoms with Crippen LogP contribution in [0, 0.1) is 0 Å². The van der Waals surface area contributed by atoms with Gasteiger partial charge in [-0.05, 0) is 30.5 Å². The molecule has 0 aliphatic heterocycles. The number of alkyl halides is 3. The van der Waals surface area contributed by atoms with E-state index in [1.54, 1.807) is 24.7 Å². The second-order valence-corrected chi connectivity index (χ2v) is 8.63. The highest BCUT2D eigenvalue weighted by Gasteiger charge is 2.31. The molecule has 0 saturated heterocycles. The Bertz CT molecular complexity index is 1330. The standard InChI is InChI=1S/C23H24F3N7O/c24-19(25)12-28-21(34)17-11-31-33-7-4-14(8-18(17)33)15-9-27-20-16(15)10-29-22(32-20)30-13-23(26)5-2-1-3-6-23/h4,7-11,19H,1-3,5-6,12-13H2,(H,28,34)(H2,27,29,30,32). The summed E-state index contributed by atoms with van der Waals surface area (Å²) in [4.78, 5) is 24.3. The van der Waals surface area contributed by atoms with Crippen LogP contribution in [-0.2, 0) is 0 Å². The molecule has 0 unspecified atom stereocenters. The maximum absolute atomic E-state index is 14.9. The molecule has 4 aromatic rings. The van der Waals surface area contributed by atoms with Crippen molar-refractivity contribution in [3.63, 3.8) is 0 Å². The topological polar surface area (TPSA) is 100 Å². The Labute approximate surface area is 193 Å². The molecule has 3 N–H and O–H groups in total. The van der Waals surface area contributed by atoms with Gasteiger partial charge in [-0.15, -0.1) is 0 Å². The maximum Gasteiger partial charge on any atom is 0.255 e. The fraction of sp³-hybridized carbons (Fsp3) is 0.391. The van der Waals surface area contributed by atoms with Gasteiger partial charge in [-0.2, -0.15) is 10.1 Å². The molecule has 8 nitrogen and oxygen atoms in total. The summed E-state index contributed by atoms with van der Waals surface area (Å²) in [5.74, 6) is -0.262. The second kappa shape index (κ2) is 8.96. The minimum Gasteiger partial charge on any atom is -0.351 e. The highest BCUT2D eigenvalue weighted by molar-refractivity contribution is 6.02. The van der Waals surface area contributed by atoms with Gasteiger partial charge in [0.1, 0.15) is 11.3 Å². The Morgan fingerprint density at radius 2 is 2.06 bits per heavy atom. The van der Waals surface area contributed by atoms with Crippen molar-refractivity contribution in [2.45, 2.75) is 44.2 Å². The first kappa shape index (κ1) is 22.2. The lowest BCUT2D eigenvalue weighted by molar-refractivity contribution is 0.0893. The molecule has 4 heterocycles. The summed E-state index contributed by atoms with van der Waals surface area (Å²) in [5, 5.41) is 10.1. The number of pyridine rings is 1. The lowest BCUT2D eigenvalue weighted by atomic mass is 9.86. The van der Waals surface area contributed by atoms with Gasteiger partial charge in [-0.3, -0.25) is 4.79 Å². The number of aromatic amines is 1. The van der Waals surface area contributed by atoms with E-state index in [-0.39, 0.29) is 12.1 Å². The highest BCUT2D eigenvalue weighted by Crippen LogP contribution is 2.32. The van der Waals surface area contributed by atoms with Crippen molar-refractivity contribution in [2.75, 3.05) is 18.4 Å². The van der Waals surface area contributed by atoms with Gasteiger partial charge >= 0.3 is 0 Å². The molecule has 11 heteroatoms. The van der Waals surface area contributed by atoms with Crippen LogP contribution in [0.25, 0.3) is 27.7 Å². The minimum absolute atomic E-state index is 0.181. The Morgan fingerprint density at radius 1 is 1.24 bits per heavy atom. The van der Waals surface area contributed by atoms with Crippen LogP contribution in [0.3, 0.4) is 0 Å². The van der Waals surface area contributed by atoms with E-state index in [1.165, 1.54) is 10.7 Å². The van der Waals surface area contributed by atoms with E-state index >= 15 is 0 Å². The maximum atomic E-state index is 14.9. The van der Waals surface area contributed by atoms with E-state index in [1.807, 2.05) is 6.07 Å². The van der Waals surface area contributed by atoms with E-state index in [2.05, 4.69) is 30.7 Å². The number of H-pyrrole nitrogens is 1. The van der Waals surface area contributed by atoms with Crippen molar-refractivity contribution in [3.05, 3.63) is 42.5 Å². The van der Waals surface area contributed by atoms with Gasteiger partial charge in [0.15, 0.2) is 0 Å². The lowest BCUT2D eigenvalue weighted by Crippen LogP contribution is -2.34. The first-order valence-electron chi connectivity index (χ1n) is 11.2. The number of nitrogens with zero attached hydrogens (tertiary/aromatic N) is 4. The molecule has 0 radical (unpaired) electrons. The van der Waals surface area contributed by atoms with Crippen LogP contribution in [0.2, 0.25) is 0 Å². The first-order valence-corrected chi connectivity index (χ1v) is 11.2. The van der Waals surface area contributed by atoms with E-state index < -0.39 is 24.5 Å². The van der Waals surface area contributed by atoms with Crippen molar-refractivity contribution in [3.8, 4) is 11.1 Å². The Balaban J connectivity index is 1.39. The molecule has 4 aromatic heterocycles. The molecule has 0 aromatic carbocycles. The van der Waals surface area contributed by atoms with Crippen LogP contribution in [-0.4, -0.2) is 55.7 Å². The Kier molecular flexibility index (Phi) is 5.84. The number of anilines is 1. The molecule has 5 rings (SSSR count). The molecule has 1 amide bonds. The van der Waals surface area contributed by atoms with Crippen LogP contribution >= 0.6 is 0 Å². The molecule has 1 fully saturated rings. The van der Waals surface area contributed by atoms with Crippen LogP contribution in [0.1, 0.15) is 42.5 Å². The molecule has 0 spiro atoms. The third-order valence-corrected chi connectivity index (χ3v) is 6.24. The van der Waals surface area contributed by atoms with Crippen LogP contribution in [0.4, 0.5) is 19.1 Å². The molecule has 1 aliphatic rings. The van der Waals surface area contributed by atoms with Gasteiger partial charge in [0.25, 0.3) is 12.3 Å². The number of hydrogen-bond donors (Lipinski definition) is 3. The SMILES string of the molecule is O=C(NCC(F)F)c1cnn2ccc(-c3c[nH]c4nc(NCC5(F)CCCCC5)ncc34)cc12. The van der Waals surface area contributed by atoms with Gasteiger partial charge in [0.05, 0.1) is 30.4 Å². The average Bonchev–Trinajstić information content (AvgIpc) is 3.45. The third kappa shape index (κ3) is 4.42. The van der Waals surface area contributed by atoms with Crippen molar-refractivity contribution >= 4 is 28.4 Å². The zero-order chi connectivity index (χ0) is 23.7. The molecule has 1 aliphatic carbocycles. The van der Waals surface area contributed by atoms with Crippen molar-refractivity contribution in [1.82, 2.24) is 29.9 Å². The Hall–Kier alpha value is -3.63. The predicted molar refractivity (Wildman–Crippen MR) is 122 cm³/mol. The number of carbonyl (C=O) groups is 1. The van der Waals surface area contributed by atoms with Gasteiger partial charge in [0.2, 0.25) is 5.95 Å². The van der Waals surface area contributed by atoms with Gasteiger partial charge in [0, 0.05) is 29.5 Å². The Morgan fingerprint density at radius 3 is 2.85 bits per heavy atom. The van der Waals surface area contributed by atoms with E-state index in [9.17, 15) is 18.0 Å². The fourth-order valence-corrected chi connectivity index (χ4v) is 4.42. The number of hydrogen-bond acceptors (Lipinski definition) is 5. The van der Waals surface area contributed by atoms with Gasteiger partial charge in [-0.25, -0.2) is 22.7 Å². The average molecular weight is 471 g/mol. The van der Waals surface area contributed by atoms with Crippen molar-refractivity contribution in [1.29, 1.82) is 0 Å². The number of amides is 1. The summed E-state index contributed by atoms with van der Waals surface area (Å²) < 4.78 is 41.3. The zero-order valence-corrected chi connectivity index (χ0v) is 18.3. The number of carbonyl (C=O) groups excluding carboxylic acids is 1. The zero-order valence-electron chi connectivity index (χ0n) is 18.3. The normalized spacial score (nSPS) is 15.8. The van der Waals surface area contributed by atoms with Crippen molar-refractivity contribution < 1.29 is 18.0 Å². The third-order valence-electron chi connectivity index (χ3n) is 6.24. The van der Waals surface area contributed by atoms with Crippen molar-refractivity contribution in [2.24, 2.45) is 0 Å². The largest absolute Gasteiger partial charge is 0.351 e. The molecular weight excluding hydrogens is 447 g/mol. The monoisotopic (exact) mass is 471 g/mol. The number of aromatic nitrogens is 5. The smallest absolute Gasteiger partial charge is 0.255 e. The fourth-order valence-electron chi connectivity index (χ4n) is 4.42. The molecule has 1 saturated carbocycles. The van der Waals surface area contributed by atoms with Crippen LogP contribution < -0.4 is 10.6 Å². The predicted octanol–water partition coefficient (Wildman–Crippen LogP) is 4.35. The molecule has 178 valence electrons. The minimum atomic E-state index is -2.63. The summed E-state index contributed by atoms with van der Waals surface area (Å²) in [6, 6.07) is 3.58. The number of fused-ring (bicyclic) bond motifs is 2. The summed E-state index contributed by atoms with van der Waals surface area (Å²) in [6.07, 6.45) is 7.82. The van der Waals surface area contributed by atoms with Crippen LogP contribution in [0.15, 0.2) is 36.9 Å². The number of halogens is 3. The number of nitrogens with one attached hydrogen (secondary N) is 3. The summed E-state index contributed by atoms with van der Waals surface area (Å²) in [6.45, 7) is -0.546. The van der Waals surface area contributed by atoms with E-state index in [0.717, 1.165) is 35.8 Å². The van der Waals surface area contributed by atoms with Crippen LogP contribution in [0.5, 0.6) is 0 Å². The highest BCUT2D eigenvalue weighted by atomic mass is 19.3. The lowest BCUT2D eigenvalue weighted by Gasteiger charge is -2.29. The molecule has 0 atom stereocenters. The molecule has 34 heavy (non-hydrogen) atoms. The quantitative estimate of drug-likeness (QED) is 0.372. The summed E-state index contributed by atoms with van der Waals surface area (Å²) >= 11 is 0. The first-order chi connectivity index (χ1) is 16.4. The second-order valence-electron chi connectivity index (χ2n) is 8.63. The molecule has 0 bridgehead atoms. The van der Waals surface area contributed by atoms with Gasteiger partial charge in [-0.1, -0.05) is 19.3 Å². The summed E-state index contributed by atoms with van der Waals surface area (Å²) in [5.41, 5.74) is 1.63. The summed E-state index contributed by atoms with van der Waals surface area (Å²) in [7, 11) is 0. The van der Waals surface area contributed by atoms with E-state index in [4.69, 9.17) is 0 Å². The van der Waals surface area contributed by atoms with E-state index in [0.29, 0.717) is 30.0 Å². The number of rotatable bonds is 7.